The summed E-state index contributed by atoms with van der Waals surface area (Å²) in [5.41, 5.74) is 2.66. The van der Waals surface area contributed by atoms with Crippen LogP contribution < -0.4 is 4.90 Å². The maximum atomic E-state index is 12.5. The van der Waals surface area contributed by atoms with Crippen LogP contribution in [0.4, 0.5) is 10.5 Å². The number of urea groups is 1. The highest BCUT2D eigenvalue weighted by Crippen LogP contribution is 2.31. The molecular formula is C26H34N4O2. The Morgan fingerprint density at radius 1 is 0.938 bits per heavy atom. The van der Waals surface area contributed by atoms with E-state index in [0.717, 1.165) is 58.4 Å². The Morgan fingerprint density at radius 3 is 2.50 bits per heavy atom. The minimum absolute atomic E-state index is 0.0276. The number of hydrogen-bond acceptors (Lipinski definition) is 4. The first kappa shape index (κ1) is 21.3. The molecule has 5 rings (SSSR count). The van der Waals surface area contributed by atoms with Gasteiger partial charge in [0.25, 0.3) is 5.91 Å². The van der Waals surface area contributed by atoms with Crippen LogP contribution in [-0.2, 0) is 4.79 Å². The number of unbranched alkanes of at least 4 members (excludes halogenated alkanes) is 1. The molecule has 32 heavy (non-hydrogen) atoms. The second kappa shape index (κ2) is 8.74. The molecule has 3 aliphatic rings. The second-order valence-corrected chi connectivity index (χ2v) is 9.61. The standard InChI is InChI=1S/C26H34N4O2/c1-19-11-12-23(22-9-4-3-8-21(19)22)28-17-16-27(20(2)18-28)13-5-6-14-30-25(31)24-10-7-15-29(24)26(30)32/h3-4,8-9,11-12,20,24H,5-7,10,13-18H2,1-2H3/t20-,24?/m0/s1. The highest BCUT2D eigenvalue weighted by atomic mass is 16.2. The van der Waals surface area contributed by atoms with E-state index in [2.05, 4.69) is 60.0 Å². The number of imide groups is 1. The molecular weight excluding hydrogens is 400 g/mol. The zero-order valence-electron chi connectivity index (χ0n) is 19.3. The summed E-state index contributed by atoms with van der Waals surface area (Å²) in [6, 6.07) is 13.4. The molecule has 6 nitrogen and oxygen atoms in total. The van der Waals surface area contributed by atoms with Gasteiger partial charge in [0, 0.05) is 49.8 Å². The number of anilines is 1. The summed E-state index contributed by atoms with van der Waals surface area (Å²) in [6.45, 7) is 9.90. The van der Waals surface area contributed by atoms with Gasteiger partial charge in [-0.1, -0.05) is 30.3 Å². The van der Waals surface area contributed by atoms with Crippen molar-refractivity contribution in [3.05, 3.63) is 42.0 Å². The van der Waals surface area contributed by atoms with Gasteiger partial charge in [0.05, 0.1) is 0 Å². The summed E-state index contributed by atoms with van der Waals surface area (Å²) in [7, 11) is 0. The van der Waals surface area contributed by atoms with Gasteiger partial charge in [-0.05, 0) is 63.1 Å². The van der Waals surface area contributed by atoms with Crippen molar-refractivity contribution in [2.24, 2.45) is 0 Å². The molecule has 0 saturated carbocycles. The molecule has 3 saturated heterocycles. The molecule has 0 spiro atoms. The molecule has 2 aromatic rings. The summed E-state index contributed by atoms with van der Waals surface area (Å²) in [4.78, 5) is 33.3. The number of rotatable bonds is 6. The third-order valence-corrected chi connectivity index (χ3v) is 7.58. The van der Waals surface area contributed by atoms with Gasteiger partial charge in [0.1, 0.15) is 6.04 Å². The van der Waals surface area contributed by atoms with Crippen molar-refractivity contribution in [1.29, 1.82) is 0 Å². The number of hydrogen-bond donors (Lipinski definition) is 0. The van der Waals surface area contributed by atoms with Crippen LogP contribution in [-0.4, -0.2) is 78.0 Å². The van der Waals surface area contributed by atoms with Gasteiger partial charge in [0.15, 0.2) is 0 Å². The minimum Gasteiger partial charge on any atom is -0.368 e. The summed E-state index contributed by atoms with van der Waals surface area (Å²) in [5, 5.41) is 2.68. The first-order valence-corrected chi connectivity index (χ1v) is 12.1. The molecule has 0 N–H and O–H groups in total. The first-order valence-electron chi connectivity index (χ1n) is 12.1. The lowest BCUT2D eigenvalue weighted by atomic mass is 10.0. The summed E-state index contributed by atoms with van der Waals surface area (Å²) < 4.78 is 0. The quantitative estimate of drug-likeness (QED) is 0.512. The number of amides is 3. The molecule has 3 aliphatic heterocycles. The van der Waals surface area contributed by atoms with Gasteiger partial charge in [0.2, 0.25) is 0 Å². The van der Waals surface area contributed by atoms with Crippen LogP contribution in [0.1, 0.15) is 38.2 Å². The SMILES string of the molecule is Cc1ccc(N2CCN(CCCCN3C(=O)C4CCCN4C3=O)[C@@H](C)C2)c2ccccc12. The largest absolute Gasteiger partial charge is 0.368 e. The molecule has 0 bridgehead atoms. The molecule has 170 valence electrons. The van der Waals surface area contributed by atoms with Crippen LogP contribution in [0, 0.1) is 6.92 Å². The van der Waals surface area contributed by atoms with Gasteiger partial charge in [-0.2, -0.15) is 0 Å². The number of piperazine rings is 1. The topological polar surface area (TPSA) is 47.1 Å². The summed E-state index contributed by atoms with van der Waals surface area (Å²) in [6.07, 6.45) is 3.68. The van der Waals surface area contributed by atoms with Crippen LogP contribution >= 0.6 is 0 Å². The van der Waals surface area contributed by atoms with E-state index >= 15 is 0 Å². The maximum absolute atomic E-state index is 12.5. The third kappa shape index (κ3) is 3.75. The molecule has 2 aromatic carbocycles. The van der Waals surface area contributed by atoms with E-state index in [1.54, 1.807) is 4.90 Å². The highest BCUT2D eigenvalue weighted by Gasteiger charge is 2.46. The average Bonchev–Trinajstić information content (AvgIpc) is 3.37. The second-order valence-electron chi connectivity index (χ2n) is 9.61. The van der Waals surface area contributed by atoms with Crippen LogP contribution in [0.15, 0.2) is 36.4 Å². The zero-order chi connectivity index (χ0) is 22.2. The van der Waals surface area contributed by atoms with Crippen molar-refractivity contribution >= 4 is 28.4 Å². The minimum atomic E-state index is -0.173. The van der Waals surface area contributed by atoms with Gasteiger partial charge < -0.3 is 9.80 Å². The fourth-order valence-corrected chi connectivity index (χ4v) is 5.73. The smallest absolute Gasteiger partial charge is 0.327 e. The van der Waals surface area contributed by atoms with Crippen molar-refractivity contribution < 1.29 is 9.59 Å². The Kier molecular flexibility index (Phi) is 5.80. The lowest BCUT2D eigenvalue weighted by Gasteiger charge is -2.41. The number of nitrogens with zero attached hydrogens (tertiary/aromatic N) is 4. The number of carbonyl (C=O) groups is 2. The number of fused-ring (bicyclic) bond motifs is 2. The molecule has 6 heteroatoms. The highest BCUT2D eigenvalue weighted by molar-refractivity contribution is 6.04. The van der Waals surface area contributed by atoms with Gasteiger partial charge >= 0.3 is 6.03 Å². The lowest BCUT2D eigenvalue weighted by molar-refractivity contribution is -0.128. The van der Waals surface area contributed by atoms with Crippen LogP contribution in [0.25, 0.3) is 10.8 Å². The van der Waals surface area contributed by atoms with E-state index in [1.807, 2.05) is 0 Å². The normalized spacial score (nSPS) is 24.1. The molecule has 0 aliphatic carbocycles. The first-order chi connectivity index (χ1) is 15.5. The Morgan fingerprint density at radius 2 is 1.72 bits per heavy atom. The maximum Gasteiger partial charge on any atom is 0.327 e. The predicted octanol–water partition coefficient (Wildman–Crippen LogP) is 3.87. The molecule has 0 radical (unpaired) electrons. The summed E-state index contributed by atoms with van der Waals surface area (Å²) in [5.74, 6) is 0.0276. The van der Waals surface area contributed by atoms with Crippen molar-refractivity contribution in [3.63, 3.8) is 0 Å². The monoisotopic (exact) mass is 434 g/mol. The average molecular weight is 435 g/mol. The molecule has 3 fully saturated rings. The van der Waals surface area contributed by atoms with Gasteiger partial charge in [-0.25, -0.2) is 4.79 Å². The molecule has 2 atom stereocenters. The fraction of sp³-hybridized carbons (Fsp3) is 0.538. The fourth-order valence-electron chi connectivity index (χ4n) is 5.73. The number of benzene rings is 2. The van der Waals surface area contributed by atoms with Gasteiger partial charge in [-0.3, -0.25) is 14.6 Å². The van der Waals surface area contributed by atoms with Crippen molar-refractivity contribution in [1.82, 2.24) is 14.7 Å². The Bertz CT molecular complexity index is 1000. The Hall–Kier alpha value is -2.60. The van der Waals surface area contributed by atoms with Crippen LogP contribution in [0.2, 0.25) is 0 Å². The molecule has 3 amide bonds. The van der Waals surface area contributed by atoms with Gasteiger partial charge in [-0.15, -0.1) is 0 Å². The van der Waals surface area contributed by atoms with E-state index < -0.39 is 0 Å². The Balaban J connectivity index is 1.13. The molecule has 0 aromatic heterocycles. The van der Waals surface area contributed by atoms with Crippen molar-refractivity contribution in [3.8, 4) is 0 Å². The summed E-state index contributed by atoms with van der Waals surface area (Å²) >= 11 is 0. The van der Waals surface area contributed by atoms with E-state index in [1.165, 1.54) is 26.9 Å². The lowest BCUT2D eigenvalue weighted by Crippen LogP contribution is -2.52. The van der Waals surface area contributed by atoms with Crippen molar-refractivity contribution in [2.45, 2.75) is 51.6 Å². The Labute approximate surface area is 190 Å². The van der Waals surface area contributed by atoms with E-state index in [0.29, 0.717) is 12.6 Å². The zero-order valence-corrected chi connectivity index (χ0v) is 19.3. The van der Waals surface area contributed by atoms with E-state index in [9.17, 15) is 9.59 Å². The van der Waals surface area contributed by atoms with Crippen LogP contribution in [0.3, 0.4) is 0 Å². The van der Waals surface area contributed by atoms with E-state index in [-0.39, 0.29) is 18.0 Å². The van der Waals surface area contributed by atoms with E-state index in [4.69, 9.17) is 0 Å². The third-order valence-electron chi connectivity index (χ3n) is 7.58. The van der Waals surface area contributed by atoms with Crippen LogP contribution in [0.5, 0.6) is 0 Å². The number of aryl methyl sites for hydroxylation is 1. The predicted molar refractivity (Wildman–Crippen MR) is 128 cm³/mol. The molecule has 1 unspecified atom stereocenters. The number of carbonyl (C=O) groups excluding carboxylic acids is 2. The molecule has 3 heterocycles. The van der Waals surface area contributed by atoms with Crippen molar-refractivity contribution in [2.75, 3.05) is 44.2 Å².